The van der Waals surface area contributed by atoms with Crippen LogP contribution in [0.4, 0.5) is 0 Å². The van der Waals surface area contributed by atoms with Gasteiger partial charge >= 0.3 is 33.7 Å². The van der Waals surface area contributed by atoms with Gasteiger partial charge in [0.25, 0.3) is 0 Å². The smallest absolute Gasteiger partial charge is 0 e. The molecule has 0 aromatic heterocycles. The Balaban J connectivity index is -0.0000000200. The van der Waals surface area contributed by atoms with Gasteiger partial charge in [0, 0.05) is 74.0 Å². The quantitative estimate of drug-likeness (QED) is 0.492. The summed E-state index contributed by atoms with van der Waals surface area (Å²) in [5.41, 5.74) is 0. The van der Waals surface area contributed by atoms with E-state index in [0.29, 0.717) is 0 Å². The molecular formula is H2BCoFePrY. The van der Waals surface area contributed by atoms with Crippen LogP contribution in [0.5, 0.6) is 0 Å². The molecule has 0 aromatic rings. The van der Waals surface area contributed by atoms with E-state index in [1.807, 2.05) is 6.70 Å². The summed E-state index contributed by atoms with van der Waals surface area (Å²) >= 11 is 4.64. The second-order valence-corrected chi connectivity index (χ2v) is 2.00. The van der Waals surface area contributed by atoms with E-state index in [4.69, 9.17) is 0 Å². The van der Waals surface area contributed by atoms with Crippen LogP contribution >= 0.6 is 0 Å². The molecule has 28 valence electrons. The van der Waals surface area contributed by atoms with Gasteiger partial charge in [-0.15, -0.1) is 0 Å². The average Bonchev–Trinajstić information content (AvgIpc) is 0.918. The van der Waals surface area contributed by atoms with Crippen molar-refractivity contribution in [2.24, 2.45) is 0 Å². The molecule has 0 atom stereocenters. The summed E-state index contributed by atoms with van der Waals surface area (Å²) in [7, 11) is 0. The van der Waals surface area contributed by atoms with Gasteiger partial charge in [0.15, 0.2) is 0 Å². The van der Waals surface area contributed by atoms with Crippen molar-refractivity contribution < 1.29 is 101 Å². The number of rotatable bonds is 0. The Morgan fingerprint density at radius 2 is 1.60 bits per heavy atom. The van der Waals surface area contributed by atoms with Crippen LogP contribution in [0.1, 0.15) is 0 Å². The van der Waals surface area contributed by atoms with Crippen LogP contribution in [0.25, 0.3) is 0 Å². The van der Waals surface area contributed by atoms with Crippen LogP contribution in [0.3, 0.4) is 0 Å². The Morgan fingerprint density at radius 1 is 1.60 bits per heavy atom. The summed E-state index contributed by atoms with van der Waals surface area (Å²) in [4.78, 5) is 0. The fraction of sp³-hybridized carbons (Fsp3) is 0. The van der Waals surface area contributed by atoms with Gasteiger partial charge in [0.2, 0.25) is 0 Å². The maximum absolute atomic E-state index is 3.45. The molecular weight excluding hydrogens is 355 g/mol. The van der Waals surface area contributed by atoms with E-state index in [2.05, 4.69) is 14.2 Å². The van der Waals surface area contributed by atoms with Crippen molar-refractivity contribution in [3.63, 3.8) is 0 Å². The molecule has 0 saturated carbocycles. The van der Waals surface area contributed by atoms with Crippen molar-refractivity contribution in [3.05, 3.63) is 0 Å². The Labute approximate surface area is 105 Å². The van der Waals surface area contributed by atoms with Crippen molar-refractivity contribution in [2.75, 3.05) is 0 Å². The van der Waals surface area contributed by atoms with Crippen LogP contribution in [-0.4, -0.2) is 6.70 Å². The van der Waals surface area contributed by atoms with E-state index < -0.39 is 0 Å². The maximum atomic E-state index is 3.45. The van der Waals surface area contributed by atoms with Crippen molar-refractivity contribution in [2.45, 2.75) is 0 Å². The average molecular weight is 357 g/mol. The van der Waals surface area contributed by atoms with E-state index in [1.54, 1.807) is 0 Å². The van der Waals surface area contributed by atoms with Gasteiger partial charge < -0.3 is 0 Å². The molecule has 0 saturated heterocycles. The van der Waals surface area contributed by atoms with Gasteiger partial charge in [0.1, 0.15) is 0 Å². The summed E-state index contributed by atoms with van der Waals surface area (Å²) in [6.07, 6.45) is 0. The van der Waals surface area contributed by atoms with E-state index in [9.17, 15) is 0 Å². The number of hydrogen-bond donors (Lipinski definition) is 0. The minimum atomic E-state index is 0. The van der Waals surface area contributed by atoms with Crippen LogP contribution in [0, 0.1) is 41.3 Å². The first-order valence-corrected chi connectivity index (χ1v) is 3.38. The second kappa shape index (κ2) is 15.6. The van der Waals surface area contributed by atoms with E-state index in [1.165, 1.54) is 12.7 Å². The Kier molecular flexibility index (Phi) is 49.5. The molecule has 0 fully saturated rings. The molecule has 0 aliphatic carbocycles. The van der Waals surface area contributed by atoms with E-state index >= 15 is 0 Å². The van der Waals surface area contributed by atoms with Crippen LogP contribution in [0.2, 0.25) is 0 Å². The van der Waals surface area contributed by atoms with Crippen LogP contribution in [0.15, 0.2) is 0 Å². The van der Waals surface area contributed by atoms with Gasteiger partial charge in [0.05, 0.1) is 0 Å². The first-order chi connectivity index (χ1) is 1.41. The monoisotopic (exact) mass is 358 g/mol. The second-order valence-electron chi connectivity index (χ2n) is 0.118. The normalized spacial score (nSPS) is 4.20. The van der Waals surface area contributed by atoms with Crippen molar-refractivity contribution >= 4 is 6.70 Å². The molecule has 0 unspecified atom stereocenters. The molecule has 0 aliphatic heterocycles. The topological polar surface area (TPSA) is 0 Å². The summed E-state index contributed by atoms with van der Waals surface area (Å²) in [5, 5.41) is 0. The minimum Gasteiger partial charge on any atom is 0 e. The zero-order chi connectivity index (χ0) is 2.71. The fourth-order valence-corrected chi connectivity index (χ4v) is 0. The van der Waals surface area contributed by atoms with E-state index in [0.717, 1.165) is 0 Å². The molecule has 0 heterocycles. The molecule has 0 amide bonds. The standard InChI is InChI=1S/BH2.Co.Fe.Pr.Y/h1H2;;;;/q+1;-1;;;. The molecule has 2 radical (unpaired) electrons. The molecule has 0 N–H and O–H groups in total. The molecule has 0 bridgehead atoms. The summed E-state index contributed by atoms with van der Waals surface area (Å²) < 4.78 is 0. The Morgan fingerprint density at radius 3 is 1.60 bits per heavy atom. The van der Waals surface area contributed by atoms with Crippen molar-refractivity contribution in [3.8, 4) is 0 Å². The van der Waals surface area contributed by atoms with Crippen LogP contribution in [-0.2, 0) is 59.7 Å². The van der Waals surface area contributed by atoms with Crippen molar-refractivity contribution in [1.82, 2.24) is 0 Å². The predicted octanol–water partition coefficient (Wildman–Crippen LogP) is -0.924. The first kappa shape index (κ1) is 15.8. The maximum Gasteiger partial charge on any atom is 0 e. The fourth-order valence-electron chi connectivity index (χ4n) is 0. The molecule has 5 heavy (non-hydrogen) atoms. The SMILES string of the molecule is [BH2][Co][Fe].[Pr].[Y]. The van der Waals surface area contributed by atoms with Crippen molar-refractivity contribution in [1.29, 1.82) is 0 Å². The third-order valence-corrected chi connectivity index (χ3v) is 0. The zero-order valence-electron chi connectivity index (χ0n) is 2.84. The molecule has 5 heteroatoms. The van der Waals surface area contributed by atoms with Gasteiger partial charge in [-0.1, -0.05) is 0 Å². The van der Waals surface area contributed by atoms with Crippen LogP contribution < -0.4 is 0 Å². The summed E-state index contributed by atoms with van der Waals surface area (Å²) in [6.45, 7) is 1.98. The van der Waals surface area contributed by atoms with Gasteiger partial charge in [-0.25, -0.2) is 0 Å². The number of hydrogen-bond acceptors (Lipinski definition) is 0. The summed E-state index contributed by atoms with van der Waals surface area (Å²) in [5.74, 6) is 0. The first-order valence-electron chi connectivity index (χ1n) is 0.451. The zero-order valence-corrected chi connectivity index (χ0v) is 11.5. The third kappa shape index (κ3) is 18.4. The van der Waals surface area contributed by atoms with E-state index in [-0.39, 0.29) is 74.0 Å². The third-order valence-electron chi connectivity index (χ3n) is 0. The van der Waals surface area contributed by atoms with Gasteiger partial charge in [-0.2, -0.15) is 0 Å². The summed E-state index contributed by atoms with van der Waals surface area (Å²) in [6, 6.07) is 0. The largest absolute Gasteiger partial charge is 0 e. The van der Waals surface area contributed by atoms with Gasteiger partial charge in [-0.3, -0.25) is 0 Å². The Bertz CT molecular complexity index is 11.6. The predicted molar refractivity (Wildman–Crippen MR) is 8.54 cm³/mol. The molecule has 0 nitrogen and oxygen atoms in total. The Hall–Kier alpha value is 3.56. The molecule has 0 spiro atoms. The molecule has 0 aromatic carbocycles. The minimum absolute atomic E-state index is 0. The molecule has 0 rings (SSSR count). The molecule has 0 aliphatic rings. The van der Waals surface area contributed by atoms with Gasteiger partial charge in [-0.05, 0) is 0 Å².